The molecule has 10 heteroatoms. The van der Waals surface area contributed by atoms with Crippen LogP contribution in [0, 0.1) is 11.7 Å². The molecule has 0 radical (unpaired) electrons. The van der Waals surface area contributed by atoms with Gasteiger partial charge in [-0.1, -0.05) is 6.07 Å². The number of hydrogen-bond acceptors (Lipinski definition) is 7. The van der Waals surface area contributed by atoms with Crippen molar-refractivity contribution in [2.45, 2.75) is 45.4 Å². The van der Waals surface area contributed by atoms with Gasteiger partial charge in [-0.3, -0.25) is 24.3 Å². The number of ether oxygens (including phenoxy) is 1. The number of nitrogens with zero attached hydrogens (tertiary/aromatic N) is 4. The molecule has 4 heterocycles. The molecule has 0 aliphatic carbocycles. The Morgan fingerprint density at radius 2 is 1.95 bits per heavy atom. The summed E-state index contributed by atoms with van der Waals surface area (Å²) in [5.41, 5.74) is 2.27. The van der Waals surface area contributed by atoms with Gasteiger partial charge in [0, 0.05) is 24.1 Å². The van der Waals surface area contributed by atoms with Gasteiger partial charge >= 0.3 is 0 Å². The average Bonchev–Trinajstić information content (AvgIpc) is 2.96. The molecule has 1 N–H and O–H groups in total. The second kappa shape index (κ2) is 12.0. The van der Waals surface area contributed by atoms with E-state index < -0.39 is 0 Å². The van der Waals surface area contributed by atoms with Crippen molar-refractivity contribution >= 4 is 11.7 Å². The van der Waals surface area contributed by atoms with E-state index in [4.69, 9.17) is 4.74 Å². The quantitative estimate of drug-likeness (QED) is 0.444. The fourth-order valence-corrected chi connectivity index (χ4v) is 5.24. The van der Waals surface area contributed by atoms with E-state index in [1.54, 1.807) is 11.1 Å². The van der Waals surface area contributed by atoms with Crippen LogP contribution in [0.3, 0.4) is 0 Å². The zero-order chi connectivity index (χ0) is 27.4. The van der Waals surface area contributed by atoms with Crippen LogP contribution in [0.15, 0.2) is 53.5 Å². The minimum atomic E-state index is -0.368. The second-order valence-electron chi connectivity index (χ2n) is 10.1. The van der Waals surface area contributed by atoms with Crippen LogP contribution in [0.1, 0.15) is 58.9 Å². The number of ketones is 1. The maximum atomic E-state index is 13.7. The zero-order valence-electron chi connectivity index (χ0n) is 21.9. The lowest BCUT2D eigenvalue weighted by atomic mass is 9.89. The van der Waals surface area contributed by atoms with Crippen molar-refractivity contribution in [2.24, 2.45) is 5.92 Å². The molecule has 3 aromatic rings. The van der Waals surface area contributed by atoms with E-state index >= 15 is 0 Å². The van der Waals surface area contributed by atoms with Crippen molar-refractivity contribution in [1.82, 2.24) is 24.8 Å². The number of piperidine rings is 1. The molecular weight excluding hydrogens is 501 g/mol. The van der Waals surface area contributed by atoms with E-state index in [1.165, 1.54) is 24.3 Å². The van der Waals surface area contributed by atoms with Gasteiger partial charge in [-0.05, 0) is 69.3 Å². The van der Waals surface area contributed by atoms with Crippen molar-refractivity contribution in [1.29, 1.82) is 0 Å². The number of rotatable bonds is 8. The maximum absolute atomic E-state index is 13.7. The highest BCUT2D eigenvalue weighted by Crippen LogP contribution is 2.24. The van der Waals surface area contributed by atoms with Crippen LogP contribution in [-0.4, -0.2) is 62.7 Å². The second-order valence-corrected chi connectivity index (χ2v) is 10.1. The normalized spacial score (nSPS) is 16.9. The fourth-order valence-electron chi connectivity index (χ4n) is 5.24. The summed E-state index contributed by atoms with van der Waals surface area (Å²) in [7, 11) is 0. The third kappa shape index (κ3) is 6.29. The molecule has 39 heavy (non-hydrogen) atoms. The zero-order valence-corrected chi connectivity index (χ0v) is 21.9. The Kier molecular flexibility index (Phi) is 8.23. The molecule has 0 unspecified atom stereocenters. The van der Waals surface area contributed by atoms with Gasteiger partial charge in [0.05, 0.1) is 49.3 Å². The smallest absolute Gasteiger partial charge is 0.256 e. The molecule has 1 atom stereocenters. The van der Waals surface area contributed by atoms with E-state index in [0.29, 0.717) is 61.6 Å². The monoisotopic (exact) mass is 533 g/mol. The molecule has 2 aromatic heterocycles. The van der Waals surface area contributed by atoms with Gasteiger partial charge in [0.25, 0.3) is 5.56 Å². The Morgan fingerprint density at radius 3 is 2.67 bits per heavy atom. The van der Waals surface area contributed by atoms with Crippen LogP contribution in [0.5, 0.6) is 0 Å². The van der Waals surface area contributed by atoms with Crippen LogP contribution < -0.4 is 5.56 Å². The lowest BCUT2D eigenvalue weighted by molar-refractivity contribution is -0.135. The van der Waals surface area contributed by atoms with Crippen LogP contribution in [0.25, 0.3) is 0 Å². The van der Waals surface area contributed by atoms with Crippen LogP contribution in [0.4, 0.5) is 4.39 Å². The summed E-state index contributed by atoms with van der Waals surface area (Å²) in [4.78, 5) is 54.9. The Balaban J connectivity index is 1.28. The summed E-state index contributed by atoms with van der Waals surface area (Å²) in [5, 5.41) is 0. The molecule has 1 aromatic carbocycles. The van der Waals surface area contributed by atoms with Crippen LogP contribution in [0.2, 0.25) is 0 Å². The summed E-state index contributed by atoms with van der Waals surface area (Å²) in [5.74, 6) is -0.188. The minimum Gasteiger partial charge on any atom is -0.376 e. The first-order chi connectivity index (χ1) is 18.9. The lowest BCUT2D eigenvalue weighted by Gasteiger charge is -2.34. The number of carbonyl (C=O) groups is 2. The van der Waals surface area contributed by atoms with E-state index in [2.05, 4.69) is 19.9 Å². The first-order valence-electron chi connectivity index (χ1n) is 13.3. The molecule has 0 saturated carbocycles. The third-order valence-electron chi connectivity index (χ3n) is 7.55. The molecule has 5 rings (SSSR count). The Hall–Kier alpha value is -3.76. The number of fused-ring (bicyclic) bond motifs is 1. The summed E-state index contributed by atoms with van der Waals surface area (Å²) in [6.07, 6.45) is 3.50. The first kappa shape index (κ1) is 26.8. The maximum Gasteiger partial charge on any atom is 0.256 e. The molecule has 1 saturated heterocycles. The molecule has 1 amide bonds. The molecule has 9 nitrogen and oxygen atoms in total. The Bertz CT molecular complexity index is 1370. The van der Waals surface area contributed by atoms with Gasteiger partial charge in [-0.15, -0.1) is 0 Å². The number of likely N-dealkylation sites (tertiary alicyclic amines) is 1. The highest BCUT2D eigenvalue weighted by molar-refractivity contribution is 5.97. The molecule has 0 bridgehead atoms. The number of pyridine rings is 1. The van der Waals surface area contributed by atoms with Crippen molar-refractivity contribution < 1.29 is 18.7 Å². The fraction of sp³-hybridized carbons (Fsp3) is 0.414. The SMILES string of the molecule is C[C@@H](c1ccccn1)N(Cc1nc2c(c(=O)[nH]1)COCC2)C(=O)CN1CCC(C(=O)c2ccc(F)cc2)CC1. The van der Waals surface area contributed by atoms with Gasteiger partial charge in [0.1, 0.15) is 11.6 Å². The summed E-state index contributed by atoms with van der Waals surface area (Å²) < 4.78 is 18.6. The predicted octanol–water partition coefficient (Wildman–Crippen LogP) is 3.06. The van der Waals surface area contributed by atoms with Crippen molar-refractivity contribution in [3.8, 4) is 0 Å². The van der Waals surface area contributed by atoms with Crippen LogP contribution >= 0.6 is 0 Å². The van der Waals surface area contributed by atoms with Gasteiger partial charge in [-0.25, -0.2) is 9.37 Å². The minimum absolute atomic E-state index is 0.0132. The number of benzene rings is 1. The summed E-state index contributed by atoms with van der Waals surface area (Å²) in [6.45, 7) is 4.18. The number of amides is 1. The number of hydrogen-bond donors (Lipinski definition) is 1. The summed E-state index contributed by atoms with van der Waals surface area (Å²) in [6, 6.07) is 10.9. The van der Waals surface area contributed by atoms with E-state index in [0.717, 1.165) is 5.69 Å². The number of Topliss-reactive ketones (excluding diaryl/α,β-unsaturated/α-hetero) is 1. The molecule has 2 aliphatic rings. The van der Waals surface area contributed by atoms with Gasteiger partial charge in [-0.2, -0.15) is 0 Å². The number of carbonyl (C=O) groups excluding carboxylic acids is 2. The van der Waals surface area contributed by atoms with Gasteiger partial charge in [0.2, 0.25) is 5.91 Å². The average molecular weight is 534 g/mol. The highest BCUT2D eigenvalue weighted by Gasteiger charge is 2.30. The third-order valence-corrected chi connectivity index (χ3v) is 7.55. The van der Waals surface area contributed by atoms with Crippen molar-refractivity contribution in [3.05, 3.63) is 93.2 Å². The predicted molar refractivity (Wildman–Crippen MR) is 141 cm³/mol. The number of halogens is 1. The van der Waals surface area contributed by atoms with Crippen LogP contribution in [-0.2, 0) is 29.1 Å². The van der Waals surface area contributed by atoms with Gasteiger partial charge < -0.3 is 14.6 Å². The molecular formula is C29H32FN5O4. The first-order valence-corrected chi connectivity index (χ1v) is 13.3. The largest absolute Gasteiger partial charge is 0.376 e. The number of aromatic amines is 1. The Labute approximate surface area is 226 Å². The number of aromatic nitrogens is 3. The van der Waals surface area contributed by atoms with Crippen molar-refractivity contribution in [2.75, 3.05) is 26.2 Å². The van der Waals surface area contributed by atoms with E-state index in [-0.39, 0.29) is 54.7 Å². The highest BCUT2D eigenvalue weighted by atomic mass is 19.1. The molecule has 1 fully saturated rings. The number of H-pyrrole nitrogens is 1. The molecule has 2 aliphatic heterocycles. The standard InChI is InChI=1S/C29H32FN5O4/c1-19(24-4-2-3-12-31-24)35(16-26-32-25-11-15-39-18-23(25)29(38)33-26)27(36)17-34-13-9-21(10-14-34)28(37)20-5-7-22(30)8-6-20/h2-8,12,19,21H,9-11,13-18H2,1H3,(H,32,33,38)/t19-/m0/s1. The Morgan fingerprint density at radius 1 is 1.18 bits per heavy atom. The van der Waals surface area contributed by atoms with Gasteiger partial charge in [0.15, 0.2) is 5.78 Å². The van der Waals surface area contributed by atoms with Crippen molar-refractivity contribution in [3.63, 3.8) is 0 Å². The number of nitrogens with one attached hydrogen (secondary N) is 1. The van der Waals surface area contributed by atoms with E-state index in [1.807, 2.05) is 25.1 Å². The molecule has 0 spiro atoms. The molecule has 204 valence electrons. The summed E-state index contributed by atoms with van der Waals surface area (Å²) >= 11 is 0. The van der Waals surface area contributed by atoms with E-state index in [9.17, 15) is 18.8 Å². The topological polar surface area (TPSA) is 108 Å². The lowest BCUT2D eigenvalue weighted by Crippen LogP contribution is -2.45.